The highest BCUT2D eigenvalue weighted by atomic mass is 16.5. The molecule has 0 saturated heterocycles. The van der Waals surface area contributed by atoms with Crippen LogP contribution in [0, 0.1) is 13.8 Å². The number of nitrogens with one attached hydrogen (secondary N) is 1. The van der Waals surface area contributed by atoms with Crippen molar-refractivity contribution in [3.63, 3.8) is 0 Å². The maximum Gasteiger partial charge on any atom is 0.337 e. The second-order valence-corrected chi connectivity index (χ2v) is 6.18. The summed E-state index contributed by atoms with van der Waals surface area (Å²) in [6, 6.07) is 6.51. The van der Waals surface area contributed by atoms with Crippen LogP contribution in [0.4, 0.5) is 5.69 Å². The quantitative estimate of drug-likeness (QED) is 0.605. The summed E-state index contributed by atoms with van der Waals surface area (Å²) in [5.74, 6) is -1.53. The van der Waals surface area contributed by atoms with Gasteiger partial charge >= 0.3 is 11.9 Å². The van der Waals surface area contributed by atoms with Gasteiger partial charge < -0.3 is 14.8 Å². The molecule has 0 aliphatic heterocycles. The van der Waals surface area contributed by atoms with Crippen molar-refractivity contribution in [2.24, 2.45) is 7.05 Å². The summed E-state index contributed by atoms with van der Waals surface area (Å²) in [4.78, 5) is 35.6. The number of carbonyl (C=O) groups is 3. The van der Waals surface area contributed by atoms with Gasteiger partial charge in [0, 0.05) is 13.1 Å². The molecule has 1 aromatic carbocycles. The minimum absolute atomic E-state index is 0.411. The molecule has 0 bridgehead atoms. The van der Waals surface area contributed by atoms with Crippen LogP contribution in [0.5, 0.6) is 0 Å². The molecule has 0 aliphatic carbocycles. The second-order valence-electron chi connectivity index (χ2n) is 6.18. The van der Waals surface area contributed by atoms with E-state index in [0.29, 0.717) is 22.5 Å². The number of rotatable bonds is 6. The third-order valence-corrected chi connectivity index (χ3v) is 4.16. The first-order chi connectivity index (χ1) is 13.2. The molecule has 2 rings (SSSR count). The van der Waals surface area contributed by atoms with Gasteiger partial charge in [0.05, 0.1) is 29.7 Å². The van der Waals surface area contributed by atoms with Gasteiger partial charge in [0.2, 0.25) is 0 Å². The maximum absolute atomic E-state index is 12.3. The fraction of sp³-hybridized carbons (Fsp3) is 0.300. The monoisotopic (exact) mass is 385 g/mol. The third-order valence-electron chi connectivity index (χ3n) is 4.16. The van der Waals surface area contributed by atoms with E-state index < -0.39 is 23.9 Å². The lowest BCUT2D eigenvalue weighted by Gasteiger charge is -2.12. The number of esters is 2. The van der Waals surface area contributed by atoms with Crippen molar-refractivity contribution in [1.29, 1.82) is 0 Å². The Labute approximate surface area is 163 Å². The number of nitrogens with zero attached hydrogens (tertiary/aromatic N) is 2. The van der Waals surface area contributed by atoms with Crippen molar-refractivity contribution in [3.8, 4) is 0 Å². The SMILES string of the molecule is COC(=O)c1ccc(/C=C/C(=O)O[C@@H](C)C(=O)Nc2c(C)nn(C)c2C)cc1. The Hall–Kier alpha value is -3.42. The van der Waals surface area contributed by atoms with E-state index in [2.05, 4.69) is 15.2 Å². The molecule has 148 valence electrons. The van der Waals surface area contributed by atoms with Gasteiger partial charge in [0.1, 0.15) is 0 Å². The summed E-state index contributed by atoms with van der Waals surface area (Å²) in [5, 5.41) is 6.96. The molecule has 8 heteroatoms. The fourth-order valence-electron chi connectivity index (χ4n) is 2.46. The molecule has 0 spiro atoms. The lowest BCUT2D eigenvalue weighted by molar-refractivity contribution is -0.148. The van der Waals surface area contributed by atoms with Gasteiger partial charge in [0.25, 0.3) is 5.91 Å². The number of benzene rings is 1. The number of carbonyl (C=O) groups excluding carboxylic acids is 3. The van der Waals surface area contributed by atoms with Crippen LogP contribution in [0.1, 0.15) is 34.2 Å². The van der Waals surface area contributed by atoms with Gasteiger partial charge in [-0.15, -0.1) is 0 Å². The molecule has 2 aromatic rings. The summed E-state index contributed by atoms with van der Waals surface area (Å²) in [7, 11) is 3.09. The first kappa shape index (κ1) is 20.9. The normalized spacial score (nSPS) is 11.9. The van der Waals surface area contributed by atoms with E-state index in [1.54, 1.807) is 42.9 Å². The van der Waals surface area contributed by atoms with Crippen molar-refractivity contribution >= 4 is 29.6 Å². The Bertz CT molecular complexity index is 913. The standard InChI is InChI=1S/C20H23N3O5/c1-12-18(13(2)23(4)22-12)21-19(25)14(3)28-17(24)11-8-15-6-9-16(10-7-15)20(26)27-5/h6-11,14H,1-5H3,(H,21,25)/b11-8+/t14-/m0/s1. The summed E-state index contributed by atoms with van der Waals surface area (Å²) < 4.78 is 11.4. The van der Waals surface area contributed by atoms with Gasteiger partial charge in [-0.1, -0.05) is 12.1 Å². The van der Waals surface area contributed by atoms with Crippen LogP contribution in [0.2, 0.25) is 0 Å². The van der Waals surface area contributed by atoms with Gasteiger partial charge in [0.15, 0.2) is 6.10 Å². The second kappa shape index (κ2) is 8.98. The van der Waals surface area contributed by atoms with Gasteiger partial charge in [-0.05, 0) is 44.5 Å². The highest BCUT2D eigenvalue weighted by molar-refractivity contribution is 5.97. The number of aromatic nitrogens is 2. The molecule has 1 atom stereocenters. The van der Waals surface area contributed by atoms with Gasteiger partial charge in [-0.2, -0.15) is 5.10 Å². The molecular formula is C20H23N3O5. The molecule has 0 aliphatic rings. The van der Waals surface area contributed by atoms with Crippen LogP contribution >= 0.6 is 0 Å². The first-order valence-corrected chi connectivity index (χ1v) is 8.61. The predicted molar refractivity (Wildman–Crippen MR) is 104 cm³/mol. The van der Waals surface area contributed by atoms with Crippen molar-refractivity contribution in [2.45, 2.75) is 26.9 Å². The minimum atomic E-state index is -0.974. The summed E-state index contributed by atoms with van der Waals surface area (Å²) in [5.41, 5.74) is 3.20. The smallest absolute Gasteiger partial charge is 0.337 e. The molecule has 0 unspecified atom stereocenters. The Morgan fingerprint density at radius 2 is 1.82 bits per heavy atom. The van der Waals surface area contributed by atoms with Crippen molar-refractivity contribution in [3.05, 3.63) is 52.9 Å². The molecule has 0 radical (unpaired) electrons. The zero-order chi connectivity index (χ0) is 20.8. The fourth-order valence-corrected chi connectivity index (χ4v) is 2.46. The van der Waals surface area contributed by atoms with Crippen LogP contribution in [0.25, 0.3) is 6.08 Å². The summed E-state index contributed by atoms with van der Waals surface area (Å²) >= 11 is 0. The van der Waals surface area contributed by atoms with Crippen LogP contribution in [0.3, 0.4) is 0 Å². The molecule has 1 N–H and O–H groups in total. The highest BCUT2D eigenvalue weighted by Crippen LogP contribution is 2.18. The zero-order valence-electron chi connectivity index (χ0n) is 16.5. The van der Waals surface area contributed by atoms with Crippen LogP contribution < -0.4 is 5.32 Å². The van der Waals surface area contributed by atoms with Crippen molar-refractivity contribution in [2.75, 3.05) is 12.4 Å². The highest BCUT2D eigenvalue weighted by Gasteiger charge is 2.20. The van der Waals surface area contributed by atoms with E-state index in [0.717, 1.165) is 5.69 Å². The molecular weight excluding hydrogens is 362 g/mol. The van der Waals surface area contributed by atoms with Crippen LogP contribution in [-0.2, 0) is 26.1 Å². The van der Waals surface area contributed by atoms with E-state index in [9.17, 15) is 14.4 Å². The predicted octanol–water partition coefficient (Wildman–Crippen LogP) is 2.41. The Kier molecular flexibility index (Phi) is 6.70. The average molecular weight is 385 g/mol. The molecule has 28 heavy (non-hydrogen) atoms. The van der Waals surface area contributed by atoms with Crippen LogP contribution in [0.15, 0.2) is 30.3 Å². The number of ether oxygens (including phenoxy) is 2. The Morgan fingerprint density at radius 1 is 1.18 bits per heavy atom. The lowest BCUT2D eigenvalue weighted by atomic mass is 10.1. The van der Waals surface area contributed by atoms with E-state index in [1.165, 1.54) is 26.2 Å². The Morgan fingerprint density at radius 3 is 2.36 bits per heavy atom. The average Bonchev–Trinajstić information content (AvgIpc) is 2.92. The molecule has 0 saturated carbocycles. The molecule has 1 amide bonds. The molecule has 0 fully saturated rings. The van der Waals surface area contributed by atoms with Crippen LogP contribution in [-0.4, -0.2) is 40.8 Å². The van der Waals surface area contributed by atoms with Gasteiger partial charge in [-0.25, -0.2) is 9.59 Å². The van der Waals surface area contributed by atoms with Crippen molar-refractivity contribution < 1.29 is 23.9 Å². The number of aryl methyl sites for hydroxylation is 2. The summed E-state index contributed by atoms with van der Waals surface area (Å²) in [6.45, 7) is 5.11. The zero-order valence-corrected chi connectivity index (χ0v) is 16.5. The molecule has 8 nitrogen and oxygen atoms in total. The van der Waals surface area contributed by atoms with E-state index in [4.69, 9.17) is 4.74 Å². The molecule has 1 heterocycles. The van der Waals surface area contributed by atoms with E-state index in [-0.39, 0.29) is 0 Å². The first-order valence-electron chi connectivity index (χ1n) is 8.61. The lowest BCUT2D eigenvalue weighted by Crippen LogP contribution is -2.29. The number of hydrogen-bond donors (Lipinski definition) is 1. The Balaban J connectivity index is 1.93. The van der Waals surface area contributed by atoms with E-state index in [1.807, 2.05) is 6.92 Å². The largest absolute Gasteiger partial charge is 0.465 e. The number of amides is 1. The minimum Gasteiger partial charge on any atom is -0.465 e. The molecule has 1 aromatic heterocycles. The number of anilines is 1. The maximum atomic E-state index is 12.3. The topological polar surface area (TPSA) is 99.5 Å². The number of methoxy groups -OCH3 is 1. The van der Waals surface area contributed by atoms with Gasteiger partial charge in [-0.3, -0.25) is 9.48 Å². The third kappa shape index (κ3) is 5.06. The number of hydrogen-bond acceptors (Lipinski definition) is 6. The van der Waals surface area contributed by atoms with E-state index >= 15 is 0 Å². The summed E-state index contributed by atoms with van der Waals surface area (Å²) in [6.07, 6.45) is 1.78. The van der Waals surface area contributed by atoms with Crippen molar-refractivity contribution in [1.82, 2.24) is 9.78 Å².